The van der Waals surface area contributed by atoms with Crippen molar-refractivity contribution < 1.29 is 13.2 Å². The molecule has 0 saturated carbocycles. The number of aromatic nitrogens is 1. The van der Waals surface area contributed by atoms with Crippen molar-refractivity contribution in [2.45, 2.75) is 28.9 Å². The molecule has 174 valence electrons. The van der Waals surface area contributed by atoms with Crippen LogP contribution in [0.4, 0.5) is 10.8 Å². The maximum absolute atomic E-state index is 12.6. The summed E-state index contributed by atoms with van der Waals surface area (Å²) >= 11 is 2.77. The lowest BCUT2D eigenvalue weighted by atomic mass is 10.2. The summed E-state index contributed by atoms with van der Waals surface area (Å²) < 4.78 is 27.7. The third-order valence-electron chi connectivity index (χ3n) is 4.92. The normalized spacial score (nSPS) is 12.2. The maximum Gasteiger partial charge on any atom is 0.261 e. The van der Waals surface area contributed by atoms with Crippen molar-refractivity contribution >= 4 is 49.8 Å². The van der Waals surface area contributed by atoms with Crippen LogP contribution in [-0.4, -0.2) is 24.6 Å². The fraction of sp³-hybridized carbons (Fsp3) is 0.120. The molecule has 0 saturated heterocycles. The first kappa shape index (κ1) is 24.0. The van der Waals surface area contributed by atoms with E-state index < -0.39 is 10.0 Å². The van der Waals surface area contributed by atoms with Gasteiger partial charge in [0.05, 0.1) is 15.8 Å². The van der Waals surface area contributed by atoms with E-state index in [9.17, 15) is 13.2 Å². The third kappa shape index (κ3) is 6.05. The molecule has 1 heterocycles. The minimum atomic E-state index is -3.66. The van der Waals surface area contributed by atoms with Crippen molar-refractivity contribution in [3.63, 3.8) is 0 Å². The largest absolute Gasteiger partial charge is 0.301 e. The van der Waals surface area contributed by atoms with Gasteiger partial charge >= 0.3 is 0 Å². The Morgan fingerprint density at radius 1 is 0.971 bits per heavy atom. The van der Waals surface area contributed by atoms with Crippen molar-refractivity contribution in [1.82, 2.24) is 4.98 Å². The Balaban J connectivity index is 1.34. The Kier molecular flexibility index (Phi) is 7.35. The van der Waals surface area contributed by atoms with E-state index >= 15 is 0 Å². The van der Waals surface area contributed by atoms with E-state index in [1.807, 2.05) is 49.6 Å². The maximum atomic E-state index is 12.6. The van der Waals surface area contributed by atoms with Crippen LogP contribution in [0.15, 0.2) is 94.0 Å². The van der Waals surface area contributed by atoms with Crippen LogP contribution in [0.1, 0.15) is 12.5 Å². The highest BCUT2D eigenvalue weighted by atomic mass is 32.2. The van der Waals surface area contributed by atoms with Crippen LogP contribution < -0.4 is 10.0 Å². The van der Waals surface area contributed by atoms with Gasteiger partial charge in [-0.15, -0.1) is 23.1 Å². The summed E-state index contributed by atoms with van der Waals surface area (Å²) in [6.45, 7) is 3.72. The van der Waals surface area contributed by atoms with Gasteiger partial charge in [-0.25, -0.2) is 13.4 Å². The molecular weight excluding hydrogens is 486 g/mol. The molecule has 0 bridgehead atoms. The molecule has 2 N–H and O–H groups in total. The molecule has 1 amide bonds. The zero-order valence-electron chi connectivity index (χ0n) is 18.6. The van der Waals surface area contributed by atoms with Gasteiger partial charge in [0.2, 0.25) is 5.91 Å². The Hall–Kier alpha value is -3.14. The van der Waals surface area contributed by atoms with Gasteiger partial charge < -0.3 is 5.32 Å². The van der Waals surface area contributed by atoms with E-state index in [0.29, 0.717) is 10.8 Å². The topological polar surface area (TPSA) is 88.2 Å². The first-order chi connectivity index (χ1) is 16.3. The Morgan fingerprint density at radius 2 is 1.65 bits per heavy atom. The van der Waals surface area contributed by atoms with E-state index in [2.05, 4.69) is 15.0 Å². The minimum absolute atomic E-state index is 0.150. The highest BCUT2D eigenvalue weighted by Crippen LogP contribution is 2.28. The quantitative estimate of drug-likeness (QED) is 0.283. The fourth-order valence-corrected chi connectivity index (χ4v) is 5.72. The molecule has 0 fully saturated rings. The molecule has 4 rings (SSSR count). The average molecular weight is 510 g/mol. The van der Waals surface area contributed by atoms with Gasteiger partial charge in [-0.2, -0.15) is 0 Å². The van der Waals surface area contributed by atoms with E-state index in [4.69, 9.17) is 0 Å². The lowest BCUT2D eigenvalue weighted by Gasteiger charge is -2.12. The predicted octanol–water partition coefficient (Wildman–Crippen LogP) is 6.04. The molecular formula is C25H23N3O3S3. The van der Waals surface area contributed by atoms with Crippen LogP contribution in [0, 0.1) is 6.92 Å². The number of hydrogen-bond donors (Lipinski definition) is 2. The lowest BCUT2D eigenvalue weighted by molar-refractivity contribution is -0.115. The molecule has 0 aliphatic carbocycles. The molecule has 1 unspecified atom stereocenters. The number of hydrogen-bond acceptors (Lipinski definition) is 6. The lowest BCUT2D eigenvalue weighted by Crippen LogP contribution is -2.22. The van der Waals surface area contributed by atoms with E-state index in [1.54, 1.807) is 48.5 Å². The summed E-state index contributed by atoms with van der Waals surface area (Å²) in [4.78, 5) is 18.2. The summed E-state index contributed by atoms with van der Waals surface area (Å²) in [5.41, 5.74) is 3.27. The smallest absolute Gasteiger partial charge is 0.261 e. The number of thiazole rings is 1. The number of anilines is 2. The van der Waals surface area contributed by atoms with Crippen LogP contribution in [0.2, 0.25) is 0 Å². The van der Waals surface area contributed by atoms with Gasteiger partial charge in [-0.1, -0.05) is 48.0 Å². The molecule has 1 atom stereocenters. The Bertz CT molecular complexity index is 1370. The van der Waals surface area contributed by atoms with Crippen LogP contribution in [0.3, 0.4) is 0 Å². The first-order valence-corrected chi connectivity index (χ1v) is 13.7. The van der Waals surface area contributed by atoms with Crippen molar-refractivity contribution in [2.24, 2.45) is 0 Å². The zero-order chi connectivity index (χ0) is 24.1. The third-order valence-corrected chi connectivity index (χ3v) is 8.19. The van der Waals surface area contributed by atoms with E-state index in [0.717, 1.165) is 21.7 Å². The van der Waals surface area contributed by atoms with Gasteiger partial charge in [-0.05, 0) is 50.2 Å². The van der Waals surface area contributed by atoms with E-state index in [-0.39, 0.29) is 16.1 Å². The molecule has 6 nitrogen and oxygen atoms in total. The molecule has 0 radical (unpaired) electrons. The fourth-order valence-electron chi connectivity index (χ4n) is 3.07. The first-order valence-electron chi connectivity index (χ1n) is 10.5. The van der Waals surface area contributed by atoms with Crippen molar-refractivity contribution in [3.8, 4) is 11.3 Å². The SMILES string of the molecule is Cc1ccc(S(=O)(=O)Nc2ccc(SC(C)C(=O)Nc3nc(-c4ccccc4)cs3)cc2)cc1. The van der Waals surface area contributed by atoms with Crippen LogP contribution in [-0.2, 0) is 14.8 Å². The van der Waals surface area contributed by atoms with Crippen molar-refractivity contribution in [2.75, 3.05) is 10.0 Å². The number of amides is 1. The molecule has 1 aromatic heterocycles. The van der Waals surface area contributed by atoms with Crippen molar-refractivity contribution in [3.05, 3.63) is 89.8 Å². The van der Waals surface area contributed by atoms with Gasteiger partial charge in [0.1, 0.15) is 0 Å². The Morgan fingerprint density at radius 3 is 2.32 bits per heavy atom. The van der Waals surface area contributed by atoms with Gasteiger partial charge in [0.15, 0.2) is 5.13 Å². The van der Waals surface area contributed by atoms with Gasteiger partial charge in [0, 0.05) is 21.5 Å². The minimum Gasteiger partial charge on any atom is -0.301 e. The monoisotopic (exact) mass is 509 g/mol. The van der Waals surface area contributed by atoms with Crippen LogP contribution >= 0.6 is 23.1 Å². The molecule has 0 spiro atoms. The number of rotatable bonds is 8. The number of thioether (sulfide) groups is 1. The number of aryl methyl sites for hydroxylation is 1. The number of benzene rings is 3. The average Bonchev–Trinajstić information content (AvgIpc) is 3.29. The molecule has 4 aromatic rings. The summed E-state index contributed by atoms with van der Waals surface area (Å²) in [5, 5.41) is 4.98. The number of sulfonamides is 1. The summed E-state index contributed by atoms with van der Waals surface area (Å²) in [6.07, 6.45) is 0. The van der Waals surface area contributed by atoms with Crippen molar-refractivity contribution in [1.29, 1.82) is 0 Å². The predicted molar refractivity (Wildman–Crippen MR) is 140 cm³/mol. The molecule has 0 aliphatic rings. The van der Waals surface area contributed by atoms with Crippen LogP contribution in [0.5, 0.6) is 0 Å². The van der Waals surface area contributed by atoms with Crippen LogP contribution in [0.25, 0.3) is 11.3 Å². The van der Waals surface area contributed by atoms with E-state index in [1.165, 1.54) is 23.1 Å². The second-order valence-electron chi connectivity index (χ2n) is 7.60. The standard InChI is InChI=1S/C25H23N3O3S3/c1-17-8-14-22(15-9-17)34(30,31)28-20-10-12-21(13-11-20)33-18(2)24(29)27-25-26-23(16-32-25)19-6-4-3-5-7-19/h3-16,18,28H,1-2H3,(H,26,27,29). The molecule has 34 heavy (non-hydrogen) atoms. The molecule has 9 heteroatoms. The number of nitrogens with zero attached hydrogens (tertiary/aromatic N) is 1. The summed E-state index contributed by atoms with van der Waals surface area (Å²) in [7, 11) is -3.66. The number of carbonyl (C=O) groups is 1. The van der Waals surface area contributed by atoms with Gasteiger partial charge in [-0.3, -0.25) is 9.52 Å². The highest BCUT2D eigenvalue weighted by molar-refractivity contribution is 8.00. The van der Waals surface area contributed by atoms with Gasteiger partial charge in [0.25, 0.3) is 10.0 Å². The number of nitrogens with one attached hydrogen (secondary N) is 2. The number of carbonyl (C=O) groups excluding carboxylic acids is 1. The zero-order valence-corrected chi connectivity index (χ0v) is 21.0. The Labute approximate surface area is 207 Å². The summed E-state index contributed by atoms with van der Waals surface area (Å²) in [5.74, 6) is -0.150. The second kappa shape index (κ2) is 10.4. The highest BCUT2D eigenvalue weighted by Gasteiger charge is 2.17. The summed E-state index contributed by atoms with van der Waals surface area (Å²) in [6, 6.07) is 23.4. The molecule has 3 aromatic carbocycles. The molecule has 0 aliphatic heterocycles. The second-order valence-corrected chi connectivity index (χ2v) is 11.6.